The molecule has 2 aromatic carbocycles. The van der Waals surface area contributed by atoms with Crippen LogP contribution in [0.3, 0.4) is 0 Å². The Balaban J connectivity index is 1.48. The number of nitriles is 1. The first-order valence-electron chi connectivity index (χ1n) is 9.38. The van der Waals surface area contributed by atoms with Gasteiger partial charge in [-0.15, -0.1) is 0 Å². The summed E-state index contributed by atoms with van der Waals surface area (Å²) >= 11 is 9.83. The second-order valence-corrected chi connectivity index (χ2v) is 7.87. The molecule has 4 aromatic rings. The standard InChI is InChI=1S/C22H16BrClN6O/c23-17-13-28-30-20(11-19(29-21(17)30)16-3-1-2-4-18(16)24)26-9-10-27-22(31)15-7-5-14(12-25)6-8-15/h1-8,11,13,26H,9-10H2,(H,27,31). The van der Waals surface area contributed by atoms with Crippen LogP contribution < -0.4 is 10.6 Å². The van der Waals surface area contributed by atoms with E-state index in [0.717, 1.165) is 15.9 Å². The van der Waals surface area contributed by atoms with Gasteiger partial charge in [0.15, 0.2) is 5.65 Å². The number of rotatable bonds is 6. The van der Waals surface area contributed by atoms with Crippen LogP contribution in [0.5, 0.6) is 0 Å². The van der Waals surface area contributed by atoms with Crippen molar-refractivity contribution in [2.75, 3.05) is 18.4 Å². The van der Waals surface area contributed by atoms with Gasteiger partial charge in [-0.3, -0.25) is 4.79 Å². The van der Waals surface area contributed by atoms with E-state index in [4.69, 9.17) is 16.9 Å². The third-order valence-corrected chi connectivity index (χ3v) is 5.46. The molecule has 0 aliphatic rings. The number of amides is 1. The molecule has 0 fully saturated rings. The van der Waals surface area contributed by atoms with Gasteiger partial charge in [-0.2, -0.15) is 14.9 Å². The van der Waals surface area contributed by atoms with Gasteiger partial charge in [0.05, 0.1) is 28.0 Å². The molecular formula is C22H16BrClN6O. The fourth-order valence-electron chi connectivity index (χ4n) is 3.03. The Hall–Kier alpha value is -3.41. The van der Waals surface area contributed by atoms with Crippen LogP contribution in [0.1, 0.15) is 15.9 Å². The van der Waals surface area contributed by atoms with Crippen LogP contribution in [-0.2, 0) is 0 Å². The zero-order valence-electron chi connectivity index (χ0n) is 16.1. The van der Waals surface area contributed by atoms with Gasteiger partial charge in [-0.05, 0) is 46.3 Å². The summed E-state index contributed by atoms with van der Waals surface area (Å²) in [5, 5.41) is 20.0. The highest BCUT2D eigenvalue weighted by molar-refractivity contribution is 9.10. The second kappa shape index (κ2) is 9.16. The number of nitrogens with zero attached hydrogens (tertiary/aromatic N) is 4. The number of hydrogen-bond donors (Lipinski definition) is 2. The van der Waals surface area contributed by atoms with Gasteiger partial charge in [0.1, 0.15) is 5.82 Å². The molecular weight excluding hydrogens is 480 g/mol. The summed E-state index contributed by atoms with van der Waals surface area (Å²) < 4.78 is 2.45. The SMILES string of the molecule is N#Cc1ccc(C(=O)NCCNc2cc(-c3ccccc3Cl)nc3c(Br)cnn23)cc1. The fraction of sp³-hybridized carbons (Fsp3) is 0.0909. The van der Waals surface area contributed by atoms with Crippen molar-refractivity contribution in [2.24, 2.45) is 0 Å². The molecule has 2 heterocycles. The van der Waals surface area contributed by atoms with E-state index >= 15 is 0 Å². The Morgan fingerprint density at radius 2 is 1.94 bits per heavy atom. The number of halogens is 2. The lowest BCUT2D eigenvalue weighted by atomic mass is 10.1. The first kappa shape index (κ1) is 20.8. The lowest BCUT2D eigenvalue weighted by Gasteiger charge is -2.12. The highest BCUT2D eigenvalue weighted by Crippen LogP contribution is 2.30. The van der Waals surface area contributed by atoms with Crippen molar-refractivity contribution in [2.45, 2.75) is 0 Å². The highest BCUT2D eigenvalue weighted by atomic mass is 79.9. The van der Waals surface area contributed by atoms with Crippen molar-refractivity contribution in [1.29, 1.82) is 5.26 Å². The lowest BCUT2D eigenvalue weighted by molar-refractivity contribution is 0.0955. The van der Waals surface area contributed by atoms with Gasteiger partial charge in [-0.1, -0.05) is 29.8 Å². The normalized spacial score (nSPS) is 10.6. The Labute approximate surface area is 191 Å². The summed E-state index contributed by atoms with van der Waals surface area (Å²) in [6.07, 6.45) is 1.68. The minimum atomic E-state index is -0.204. The van der Waals surface area contributed by atoms with Crippen molar-refractivity contribution in [1.82, 2.24) is 19.9 Å². The van der Waals surface area contributed by atoms with Crippen molar-refractivity contribution in [3.05, 3.63) is 81.4 Å². The number of carbonyl (C=O) groups is 1. The van der Waals surface area contributed by atoms with Gasteiger partial charge >= 0.3 is 0 Å². The molecule has 0 aliphatic heterocycles. The van der Waals surface area contributed by atoms with E-state index in [1.54, 1.807) is 35.0 Å². The Morgan fingerprint density at radius 3 is 2.68 bits per heavy atom. The Morgan fingerprint density at radius 1 is 1.16 bits per heavy atom. The maximum atomic E-state index is 12.3. The third kappa shape index (κ3) is 4.53. The van der Waals surface area contributed by atoms with Crippen molar-refractivity contribution in [3.8, 4) is 17.3 Å². The molecule has 7 nitrogen and oxygen atoms in total. The largest absolute Gasteiger partial charge is 0.368 e. The van der Waals surface area contributed by atoms with Crippen LogP contribution in [0.15, 0.2) is 65.3 Å². The van der Waals surface area contributed by atoms with Crippen LogP contribution in [0.25, 0.3) is 16.9 Å². The molecule has 0 aliphatic carbocycles. The molecule has 1 amide bonds. The molecule has 0 unspecified atom stereocenters. The van der Waals surface area contributed by atoms with Gasteiger partial charge in [0, 0.05) is 35.3 Å². The second-order valence-electron chi connectivity index (χ2n) is 6.61. The molecule has 0 bridgehead atoms. The fourth-order valence-corrected chi connectivity index (χ4v) is 3.61. The van der Waals surface area contributed by atoms with E-state index in [1.807, 2.05) is 36.4 Å². The summed E-state index contributed by atoms with van der Waals surface area (Å²) in [7, 11) is 0. The third-order valence-electron chi connectivity index (χ3n) is 4.57. The van der Waals surface area contributed by atoms with E-state index < -0.39 is 0 Å². The zero-order chi connectivity index (χ0) is 21.8. The number of fused-ring (bicyclic) bond motifs is 1. The number of aromatic nitrogens is 3. The van der Waals surface area contributed by atoms with Crippen molar-refractivity contribution >= 4 is 44.9 Å². The molecule has 0 saturated carbocycles. The molecule has 0 radical (unpaired) electrons. The predicted molar refractivity (Wildman–Crippen MR) is 123 cm³/mol. The summed E-state index contributed by atoms with van der Waals surface area (Å²) in [4.78, 5) is 17.0. The predicted octanol–water partition coefficient (Wildman–Crippen LogP) is 4.53. The average molecular weight is 496 g/mol. The molecule has 9 heteroatoms. The molecule has 2 aromatic heterocycles. The smallest absolute Gasteiger partial charge is 0.251 e. The van der Waals surface area contributed by atoms with Crippen LogP contribution in [-0.4, -0.2) is 33.6 Å². The van der Waals surface area contributed by atoms with Crippen LogP contribution in [0.4, 0.5) is 5.82 Å². The molecule has 31 heavy (non-hydrogen) atoms. The lowest BCUT2D eigenvalue weighted by Crippen LogP contribution is -2.29. The van der Waals surface area contributed by atoms with E-state index in [-0.39, 0.29) is 5.91 Å². The Kier molecular flexibility index (Phi) is 6.16. The van der Waals surface area contributed by atoms with Crippen LogP contribution in [0.2, 0.25) is 5.02 Å². The van der Waals surface area contributed by atoms with E-state index in [0.29, 0.717) is 40.6 Å². The molecule has 0 spiro atoms. The van der Waals surface area contributed by atoms with E-state index in [2.05, 4.69) is 36.6 Å². The topological polar surface area (TPSA) is 95.1 Å². The number of carbonyl (C=O) groups excluding carboxylic acids is 1. The summed E-state index contributed by atoms with van der Waals surface area (Å²) in [5.74, 6) is 0.517. The van der Waals surface area contributed by atoms with Gasteiger partial charge < -0.3 is 10.6 Å². The number of benzene rings is 2. The Bertz CT molecular complexity index is 1300. The van der Waals surface area contributed by atoms with E-state index in [9.17, 15) is 4.79 Å². The van der Waals surface area contributed by atoms with E-state index in [1.165, 1.54) is 0 Å². The van der Waals surface area contributed by atoms with Gasteiger partial charge in [0.2, 0.25) is 0 Å². The van der Waals surface area contributed by atoms with Crippen LogP contribution >= 0.6 is 27.5 Å². The highest BCUT2D eigenvalue weighted by Gasteiger charge is 2.13. The molecule has 4 rings (SSSR count). The summed E-state index contributed by atoms with van der Waals surface area (Å²) in [5.41, 5.74) is 3.20. The van der Waals surface area contributed by atoms with Gasteiger partial charge in [-0.25, -0.2) is 4.98 Å². The monoisotopic (exact) mass is 494 g/mol. The average Bonchev–Trinajstić information content (AvgIpc) is 3.17. The molecule has 2 N–H and O–H groups in total. The number of hydrogen-bond acceptors (Lipinski definition) is 5. The zero-order valence-corrected chi connectivity index (χ0v) is 18.5. The first-order chi connectivity index (χ1) is 15.1. The van der Waals surface area contributed by atoms with Crippen molar-refractivity contribution in [3.63, 3.8) is 0 Å². The number of anilines is 1. The maximum Gasteiger partial charge on any atom is 0.251 e. The van der Waals surface area contributed by atoms with Crippen molar-refractivity contribution < 1.29 is 4.79 Å². The summed E-state index contributed by atoms with van der Waals surface area (Å²) in [6, 6.07) is 17.9. The minimum Gasteiger partial charge on any atom is -0.368 e. The maximum absolute atomic E-state index is 12.3. The molecule has 0 saturated heterocycles. The van der Waals surface area contributed by atoms with Gasteiger partial charge in [0.25, 0.3) is 5.91 Å². The molecule has 154 valence electrons. The molecule has 0 atom stereocenters. The minimum absolute atomic E-state index is 0.204. The quantitative estimate of drug-likeness (QED) is 0.383. The summed E-state index contributed by atoms with van der Waals surface area (Å²) in [6.45, 7) is 0.868. The van der Waals surface area contributed by atoms with Crippen LogP contribution in [0, 0.1) is 11.3 Å². The first-order valence-corrected chi connectivity index (χ1v) is 10.6. The number of nitrogens with one attached hydrogen (secondary N) is 2.